The van der Waals surface area contributed by atoms with Gasteiger partial charge in [-0.1, -0.05) is 36.4 Å². The predicted octanol–water partition coefficient (Wildman–Crippen LogP) is 0.878. The zero-order valence-electron chi connectivity index (χ0n) is 10.7. The van der Waals surface area contributed by atoms with Crippen LogP contribution in [0.25, 0.3) is 0 Å². The van der Waals surface area contributed by atoms with Gasteiger partial charge >= 0.3 is 7.12 Å². The van der Waals surface area contributed by atoms with E-state index in [-0.39, 0.29) is 5.75 Å². The van der Waals surface area contributed by atoms with Gasteiger partial charge in [0.05, 0.1) is 17.3 Å². The molecule has 1 aliphatic rings. The lowest BCUT2D eigenvalue weighted by Gasteiger charge is -2.06. The topological polar surface area (TPSA) is 63.6 Å². The first-order valence-corrected chi connectivity index (χ1v) is 7.91. The summed E-state index contributed by atoms with van der Waals surface area (Å²) in [7, 11) is -4.32. The Balaban J connectivity index is 1.91. The number of hydrogen-bond donors (Lipinski definition) is 1. The zero-order chi connectivity index (χ0) is 14.2. The highest BCUT2D eigenvalue weighted by Crippen LogP contribution is 2.18. The molecule has 0 amide bonds. The van der Waals surface area contributed by atoms with Gasteiger partial charge in [0.1, 0.15) is 0 Å². The highest BCUT2D eigenvalue weighted by molar-refractivity contribution is 7.90. The number of rotatable bonds is 3. The van der Waals surface area contributed by atoms with Crippen molar-refractivity contribution < 1.29 is 18.1 Å². The molecule has 0 saturated carbocycles. The molecule has 1 aliphatic heterocycles. The molecule has 1 heterocycles. The average molecular weight is 288 g/mol. The molecule has 0 radical (unpaired) electrons. The SMILES string of the molecule is O=S(=O)(Cc1ccc2c(c1)B(O)OC2)c1ccccc1. The number of sulfone groups is 1. The van der Waals surface area contributed by atoms with Crippen molar-refractivity contribution in [3.05, 3.63) is 59.7 Å². The van der Waals surface area contributed by atoms with Crippen molar-refractivity contribution >= 4 is 22.4 Å². The summed E-state index contributed by atoms with van der Waals surface area (Å²) in [6, 6.07) is 13.6. The molecule has 0 atom stereocenters. The van der Waals surface area contributed by atoms with E-state index >= 15 is 0 Å². The molecule has 2 aromatic rings. The number of fused-ring (bicyclic) bond motifs is 1. The first kappa shape index (κ1) is 13.4. The van der Waals surface area contributed by atoms with E-state index in [0.717, 1.165) is 5.56 Å². The van der Waals surface area contributed by atoms with Crippen LogP contribution in [0, 0.1) is 0 Å². The molecule has 0 saturated heterocycles. The van der Waals surface area contributed by atoms with Crippen LogP contribution >= 0.6 is 0 Å². The number of hydrogen-bond acceptors (Lipinski definition) is 4. The monoisotopic (exact) mass is 288 g/mol. The third-order valence-electron chi connectivity index (χ3n) is 3.33. The second-order valence-corrected chi connectivity index (χ2v) is 6.76. The lowest BCUT2D eigenvalue weighted by Crippen LogP contribution is -2.28. The van der Waals surface area contributed by atoms with Crippen LogP contribution in [-0.2, 0) is 26.9 Å². The van der Waals surface area contributed by atoms with Crippen LogP contribution in [0.4, 0.5) is 0 Å². The van der Waals surface area contributed by atoms with Crippen molar-refractivity contribution in [2.45, 2.75) is 17.3 Å². The maximum Gasteiger partial charge on any atom is 0.491 e. The zero-order valence-corrected chi connectivity index (χ0v) is 11.5. The molecule has 6 heteroatoms. The van der Waals surface area contributed by atoms with Crippen molar-refractivity contribution in [3.8, 4) is 0 Å². The summed E-state index contributed by atoms with van der Waals surface area (Å²) in [4.78, 5) is 0.303. The second-order valence-electron chi connectivity index (χ2n) is 4.77. The molecule has 0 aliphatic carbocycles. The molecule has 0 bridgehead atoms. The minimum absolute atomic E-state index is 0.0863. The summed E-state index contributed by atoms with van der Waals surface area (Å²) in [5.74, 6) is -0.0863. The van der Waals surface area contributed by atoms with Gasteiger partial charge in [-0.3, -0.25) is 0 Å². The molecule has 0 aromatic heterocycles. The summed E-state index contributed by atoms with van der Waals surface area (Å²) >= 11 is 0. The highest BCUT2D eigenvalue weighted by atomic mass is 32.2. The molecule has 0 fully saturated rings. The molecular formula is C14H13BO4S. The maximum atomic E-state index is 12.3. The Morgan fingerprint density at radius 3 is 2.65 bits per heavy atom. The maximum absolute atomic E-state index is 12.3. The van der Waals surface area contributed by atoms with Gasteiger partial charge in [0.15, 0.2) is 9.84 Å². The van der Waals surface area contributed by atoms with Crippen LogP contribution in [0.2, 0.25) is 0 Å². The van der Waals surface area contributed by atoms with E-state index in [4.69, 9.17) is 4.65 Å². The fourth-order valence-corrected chi connectivity index (χ4v) is 3.64. The van der Waals surface area contributed by atoms with E-state index in [9.17, 15) is 13.4 Å². The Morgan fingerprint density at radius 2 is 1.90 bits per heavy atom. The van der Waals surface area contributed by atoms with Crippen molar-refractivity contribution in [1.29, 1.82) is 0 Å². The van der Waals surface area contributed by atoms with Gasteiger partial charge in [-0.25, -0.2) is 8.42 Å². The smallest absolute Gasteiger partial charge is 0.423 e. The molecule has 1 N–H and O–H groups in total. The van der Waals surface area contributed by atoms with Gasteiger partial charge in [-0.15, -0.1) is 0 Å². The Bertz CT molecular complexity index is 728. The van der Waals surface area contributed by atoms with Crippen molar-refractivity contribution in [3.63, 3.8) is 0 Å². The van der Waals surface area contributed by atoms with Gasteiger partial charge < -0.3 is 9.68 Å². The molecule has 20 heavy (non-hydrogen) atoms. The van der Waals surface area contributed by atoms with Crippen LogP contribution < -0.4 is 5.46 Å². The molecule has 4 nitrogen and oxygen atoms in total. The van der Waals surface area contributed by atoms with Gasteiger partial charge in [0, 0.05) is 0 Å². The van der Waals surface area contributed by atoms with Crippen LogP contribution in [-0.4, -0.2) is 20.6 Å². The third-order valence-corrected chi connectivity index (χ3v) is 5.04. The lowest BCUT2D eigenvalue weighted by atomic mass is 9.79. The average Bonchev–Trinajstić information content (AvgIpc) is 2.81. The summed E-state index contributed by atoms with van der Waals surface area (Å²) in [5.41, 5.74) is 2.21. The van der Waals surface area contributed by atoms with E-state index in [1.165, 1.54) is 0 Å². The molecule has 3 rings (SSSR count). The summed E-state index contributed by atoms with van der Waals surface area (Å²) in [6.07, 6.45) is 0. The highest BCUT2D eigenvalue weighted by Gasteiger charge is 2.27. The van der Waals surface area contributed by atoms with E-state index in [0.29, 0.717) is 22.5 Å². The van der Waals surface area contributed by atoms with Gasteiger partial charge in [0.2, 0.25) is 0 Å². The van der Waals surface area contributed by atoms with Crippen LogP contribution in [0.3, 0.4) is 0 Å². The molecular weight excluding hydrogens is 275 g/mol. The Kier molecular flexibility index (Phi) is 3.37. The fourth-order valence-electron chi connectivity index (χ4n) is 2.28. The van der Waals surface area contributed by atoms with Gasteiger partial charge in [0.25, 0.3) is 0 Å². The van der Waals surface area contributed by atoms with E-state index in [1.54, 1.807) is 48.5 Å². The largest absolute Gasteiger partial charge is 0.491 e. The minimum Gasteiger partial charge on any atom is -0.423 e. The van der Waals surface area contributed by atoms with E-state index < -0.39 is 17.0 Å². The Hall–Kier alpha value is -1.63. The second kappa shape index (κ2) is 5.05. The number of benzene rings is 2. The third kappa shape index (κ3) is 2.50. The summed E-state index contributed by atoms with van der Waals surface area (Å²) in [6.45, 7) is 0.363. The van der Waals surface area contributed by atoms with E-state index in [1.807, 2.05) is 0 Å². The molecule has 102 valence electrons. The van der Waals surface area contributed by atoms with Crippen LogP contribution in [0.1, 0.15) is 11.1 Å². The van der Waals surface area contributed by atoms with Gasteiger partial charge in [-0.05, 0) is 28.7 Å². The van der Waals surface area contributed by atoms with E-state index in [2.05, 4.69) is 0 Å². The molecule has 2 aromatic carbocycles. The lowest BCUT2D eigenvalue weighted by molar-refractivity contribution is 0.275. The predicted molar refractivity (Wildman–Crippen MR) is 76.2 cm³/mol. The fraction of sp³-hybridized carbons (Fsp3) is 0.143. The summed E-state index contributed by atoms with van der Waals surface area (Å²) < 4.78 is 29.7. The Morgan fingerprint density at radius 1 is 1.15 bits per heavy atom. The van der Waals surface area contributed by atoms with Crippen LogP contribution in [0.5, 0.6) is 0 Å². The Labute approximate surface area is 118 Å². The van der Waals surface area contributed by atoms with Crippen molar-refractivity contribution in [1.82, 2.24) is 0 Å². The van der Waals surface area contributed by atoms with Crippen molar-refractivity contribution in [2.24, 2.45) is 0 Å². The quantitative estimate of drug-likeness (QED) is 0.852. The first-order chi connectivity index (χ1) is 9.56. The normalized spacial score (nSPS) is 14.3. The summed E-state index contributed by atoms with van der Waals surface area (Å²) in [5, 5.41) is 9.65. The molecule has 0 spiro atoms. The van der Waals surface area contributed by atoms with Crippen molar-refractivity contribution in [2.75, 3.05) is 0 Å². The minimum atomic E-state index is -3.37. The standard InChI is InChI=1S/C14H13BO4S/c16-15-14-8-11(6-7-12(14)9-19-15)10-20(17,18)13-4-2-1-3-5-13/h1-8,16H,9-10H2. The molecule has 0 unspecified atom stereocenters. The van der Waals surface area contributed by atoms with Crippen LogP contribution in [0.15, 0.2) is 53.4 Å². The van der Waals surface area contributed by atoms with Gasteiger partial charge in [-0.2, -0.15) is 0 Å². The first-order valence-electron chi connectivity index (χ1n) is 6.25.